The lowest BCUT2D eigenvalue weighted by molar-refractivity contribution is -0.0423. The Morgan fingerprint density at radius 2 is 1.89 bits per heavy atom. The summed E-state index contributed by atoms with van der Waals surface area (Å²) in [5.74, 6) is 1.15. The minimum Gasteiger partial charge on any atom is -0.396 e. The monoisotopic (exact) mass is 486 g/mol. The van der Waals surface area contributed by atoms with Crippen LogP contribution >= 0.6 is 0 Å². The second-order valence-electron chi connectivity index (χ2n) is 12.5. The van der Waals surface area contributed by atoms with E-state index in [-0.39, 0.29) is 30.1 Å². The van der Waals surface area contributed by atoms with E-state index in [4.69, 9.17) is 4.74 Å². The van der Waals surface area contributed by atoms with Gasteiger partial charge in [-0.1, -0.05) is 50.5 Å². The van der Waals surface area contributed by atoms with E-state index in [2.05, 4.69) is 32.6 Å². The van der Waals surface area contributed by atoms with E-state index in [0.29, 0.717) is 24.7 Å². The van der Waals surface area contributed by atoms with Crippen LogP contribution in [0, 0.1) is 23.2 Å². The van der Waals surface area contributed by atoms with Crippen molar-refractivity contribution in [1.29, 1.82) is 0 Å². The molecule has 4 nitrogen and oxygen atoms in total. The van der Waals surface area contributed by atoms with Gasteiger partial charge >= 0.3 is 0 Å². The third kappa shape index (κ3) is 6.14. The molecule has 1 unspecified atom stereocenters. The van der Waals surface area contributed by atoms with Gasteiger partial charge in [-0.05, 0) is 106 Å². The van der Waals surface area contributed by atoms with Gasteiger partial charge in [-0.25, -0.2) is 0 Å². The van der Waals surface area contributed by atoms with E-state index in [0.717, 1.165) is 49.9 Å². The molecule has 0 saturated heterocycles. The first-order valence-electron chi connectivity index (χ1n) is 14.5. The zero-order valence-corrected chi connectivity index (χ0v) is 22.3. The molecule has 4 saturated carbocycles. The van der Waals surface area contributed by atoms with Crippen LogP contribution in [0.4, 0.5) is 0 Å². The summed E-state index contributed by atoms with van der Waals surface area (Å²) in [4.78, 5) is 0. The zero-order chi connectivity index (χ0) is 25.1. The first-order valence-corrected chi connectivity index (χ1v) is 14.5. The van der Waals surface area contributed by atoms with E-state index < -0.39 is 5.60 Å². The number of fused-ring (bicyclic) bond motifs is 1. The molecule has 3 N–H and O–H groups in total. The number of rotatable bonds is 8. The van der Waals surface area contributed by atoms with E-state index in [1.165, 1.54) is 44.9 Å². The summed E-state index contributed by atoms with van der Waals surface area (Å²) in [5, 5.41) is 30.7. The van der Waals surface area contributed by atoms with E-state index >= 15 is 0 Å². The molecule has 0 radical (unpaired) electrons. The fourth-order valence-corrected chi connectivity index (χ4v) is 8.07. The van der Waals surface area contributed by atoms with Crippen molar-refractivity contribution >= 4 is 0 Å². The normalized spacial score (nSPS) is 38.6. The van der Waals surface area contributed by atoms with Crippen molar-refractivity contribution in [2.45, 2.75) is 122 Å². The molecule has 0 aliphatic heterocycles. The van der Waals surface area contributed by atoms with Crippen LogP contribution < -0.4 is 0 Å². The highest BCUT2D eigenvalue weighted by Crippen LogP contribution is 2.58. The molecule has 6 atom stereocenters. The highest BCUT2D eigenvalue weighted by molar-refractivity contribution is 5.38. The molecule has 4 heteroatoms. The van der Waals surface area contributed by atoms with Gasteiger partial charge in [0, 0.05) is 12.5 Å². The van der Waals surface area contributed by atoms with Crippen LogP contribution in [0.15, 0.2) is 35.5 Å². The summed E-state index contributed by atoms with van der Waals surface area (Å²) in [6.45, 7) is 9.81. The summed E-state index contributed by atoms with van der Waals surface area (Å²) in [5.41, 5.74) is 3.49. The first kappa shape index (κ1) is 27.1. The Hall–Kier alpha value is -0.940. The summed E-state index contributed by atoms with van der Waals surface area (Å²) in [7, 11) is 0. The lowest BCUT2D eigenvalue weighted by Gasteiger charge is -2.44. The molecule has 4 rings (SSSR count). The van der Waals surface area contributed by atoms with Gasteiger partial charge < -0.3 is 20.1 Å². The van der Waals surface area contributed by atoms with Crippen LogP contribution in [0.3, 0.4) is 0 Å². The van der Waals surface area contributed by atoms with E-state index in [1.54, 1.807) is 5.57 Å². The molecular formula is C31H50O4. The van der Waals surface area contributed by atoms with Gasteiger partial charge in [-0.15, -0.1) is 0 Å². The molecule has 35 heavy (non-hydrogen) atoms. The fraction of sp³-hybridized carbons (Fsp3) is 0.806. The third-order valence-electron chi connectivity index (χ3n) is 10.2. The zero-order valence-electron chi connectivity index (χ0n) is 22.3. The summed E-state index contributed by atoms with van der Waals surface area (Å²) in [6.07, 6.45) is 19.1. The molecule has 0 aromatic rings. The number of ether oxygens (including phenoxy) is 1. The van der Waals surface area contributed by atoms with Crippen LogP contribution in [-0.2, 0) is 4.74 Å². The van der Waals surface area contributed by atoms with Gasteiger partial charge in [0.15, 0.2) is 0 Å². The average Bonchev–Trinajstić information content (AvgIpc) is 3.20. The highest BCUT2D eigenvalue weighted by Gasteiger charge is 2.51. The Balaban J connectivity index is 1.35. The van der Waals surface area contributed by atoms with Crippen molar-refractivity contribution in [2.24, 2.45) is 23.2 Å². The molecule has 0 bridgehead atoms. The van der Waals surface area contributed by atoms with Crippen LogP contribution in [0.1, 0.15) is 104 Å². The fourth-order valence-electron chi connectivity index (χ4n) is 8.07. The molecule has 198 valence electrons. The Kier molecular flexibility index (Phi) is 9.00. The summed E-state index contributed by atoms with van der Waals surface area (Å²) < 4.78 is 6.41. The number of aliphatic hydroxyl groups excluding tert-OH is 2. The van der Waals surface area contributed by atoms with Crippen molar-refractivity contribution in [3.63, 3.8) is 0 Å². The van der Waals surface area contributed by atoms with E-state index in [1.807, 2.05) is 0 Å². The average molecular weight is 487 g/mol. The smallest absolute Gasteiger partial charge is 0.0648 e. The van der Waals surface area contributed by atoms with Gasteiger partial charge in [0.25, 0.3) is 0 Å². The lowest BCUT2D eigenvalue weighted by atomic mass is 9.62. The molecule has 0 amide bonds. The number of allylic oxidation sites excluding steroid dienone is 3. The van der Waals surface area contributed by atoms with Crippen molar-refractivity contribution in [3.8, 4) is 0 Å². The van der Waals surface area contributed by atoms with E-state index in [9.17, 15) is 15.3 Å². The summed E-state index contributed by atoms with van der Waals surface area (Å²) >= 11 is 0. The Morgan fingerprint density at radius 1 is 1.11 bits per heavy atom. The number of aliphatic hydroxyl groups is 3. The Labute approximate surface area is 213 Å². The highest BCUT2D eigenvalue weighted by atomic mass is 16.5. The predicted octanol–water partition coefficient (Wildman–Crippen LogP) is 6.26. The standard InChI is InChI=1S/C31H50O4/c1-22-25(19-27(33)20-26(22)21-32)11-10-24-9-7-14-30(3)28(12-13-29(24)30)23(2)35-18-8-17-31(34)15-5-4-6-16-31/h10-11,23,26-29,32-34H,1,4-9,12-21H2,2-3H3/b24-10+,25-11-/t23-,26+,27+,28?,29+,30-/m1/s1. The van der Waals surface area contributed by atoms with Crippen molar-refractivity contribution in [3.05, 3.63) is 35.5 Å². The first-order chi connectivity index (χ1) is 16.8. The minimum atomic E-state index is -0.441. The molecule has 4 aliphatic rings. The third-order valence-corrected chi connectivity index (χ3v) is 10.2. The minimum absolute atomic E-state index is 0.0206. The molecule has 0 aromatic carbocycles. The molecule has 0 aromatic heterocycles. The summed E-state index contributed by atoms with van der Waals surface area (Å²) in [6, 6.07) is 0. The van der Waals surface area contributed by atoms with Crippen LogP contribution in [0.2, 0.25) is 0 Å². The molecule has 4 aliphatic carbocycles. The maximum Gasteiger partial charge on any atom is 0.0648 e. The molecule has 0 spiro atoms. The second kappa shape index (κ2) is 11.6. The quantitative estimate of drug-likeness (QED) is 0.354. The number of hydrogen-bond donors (Lipinski definition) is 3. The van der Waals surface area contributed by atoms with Gasteiger partial charge in [0.1, 0.15) is 0 Å². The molecule has 4 fully saturated rings. The maximum atomic E-state index is 10.8. The van der Waals surface area contributed by atoms with Crippen molar-refractivity contribution < 1.29 is 20.1 Å². The lowest BCUT2D eigenvalue weighted by Crippen LogP contribution is -2.39. The van der Waals surface area contributed by atoms with Crippen molar-refractivity contribution in [2.75, 3.05) is 13.2 Å². The van der Waals surface area contributed by atoms with Gasteiger partial charge in [-0.2, -0.15) is 0 Å². The van der Waals surface area contributed by atoms with Gasteiger partial charge in [-0.3, -0.25) is 0 Å². The molecular weight excluding hydrogens is 436 g/mol. The second-order valence-corrected chi connectivity index (χ2v) is 12.5. The van der Waals surface area contributed by atoms with Gasteiger partial charge in [0.05, 0.1) is 24.4 Å². The maximum absolute atomic E-state index is 10.8. The largest absolute Gasteiger partial charge is 0.396 e. The topological polar surface area (TPSA) is 69.9 Å². The predicted molar refractivity (Wildman–Crippen MR) is 142 cm³/mol. The van der Waals surface area contributed by atoms with Crippen molar-refractivity contribution in [1.82, 2.24) is 0 Å². The Bertz CT molecular complexity index is 792. The van der Waals surface area contributed by atoms with Crippen LogP contribution in [-0.4, -0.2) is 46.3 Å². The SMILES string of the molecule is C=C1/C(=C\C=C2/CCC[C@]3(C)C([C@@H](C)OCCCC4(O)CCCCC4)CC[C@@H]23)C[C@H](O)C[C@H]1CO. The van der Waals surface area contributed by atoms with Crippen LogP contribution in [0.5, 0.6) is 0 Å². The molecule has 0 heterocycles. The number of hydrogen-bond acceptors (Lipinski definition) is 4. The van der Waals surface area contributed by atoms with Gasteiger partial charge in [0.2, 0.25) is 0 Å². The van der Waals surface area contributed by atoms with Crippen LogP contribution in [0.25, 0.3) is 0 Å². The Morgan fingerprint density at radius 3 is 2.63 bits per heavy atom.